The molecule has 1 rings (SSSR count). The summed E-state index contributed by atoms with van der Waals surface area (Å²) in [4.78, 5) is 11.3. The van der Waals surface area contributed by atoms with Gasteiger partial charge in [0.25, 0.3) is 0 Å². The third kappa shape index (κ3) is 2.95. The van der Waals surface area contributed by atoms with Gasteiger partial charge in [-0.3, -0.25) is 4.79 Å². The number of ether oxygens (including phenoxy) is 1. The fraction of sp³-hybridized carbons (Fsp3) is 0.300. The first-order valence-electron chi connectivity index (χ1n) is 4.54. The average molecular weight is 355 g/mol. The first-order chi connectivity index (χ1) is 7.47. The molecule has 3 nitrogen and oxygen atoms in total. The molecule has 6 heteroatoms. The molecule has 0 aromatic heterocycles. The molecular weight excluding hydrogens is 345 g/mol. The third-order valence-corrected chi connectivity index (χ3v) is 3.54. The van der Waals surface area contributed by atoms with E-state index in [-0.39, 0.29) is 18.1 Å². The van der Waals surface area contributed by atoms with Crippen LogP contribution in [0.4, 0.5) is 10.1 Å². The Morgan fingerprint density at radius 3 is 2.75 bits per heavy atom. The van der Waals surface area contributed by atoms with Crippen LogP contribution < -0.4 is 5.73 Å². The lowest BCUT2D eigenvalue weighted by atomic mass is 10.1. The van der Waals surface area contributed by atoms with Crippen LogP contribution in [0, 0.1) is 5.82 Å². The molecule has 2 N–H and O–H groups in total. The van der Waals surface area contributed by atoms with E-state index < -0.39 is 5.82 Å². The van der Waals surface area contributed by atoms with Gasteiger partial charge in [-0.1, -0.05) is 15.9 Å². The molecule has 0 aliphatic rings. The number of nitrogens with two attached hydrogens (primary N) is 1. The van der Waals surface area contributed by atoms with Crippen LogP contribution in [0.3, 0.4) is 0 Å². The highest BCUT2D eigenvalue weighted by Gasteiger charge is 2.16. The molecule has 1 aromatic carbocycles. The Labute approximate surface area is 109 Å². The maximum atomic E-state index is 13.2. The summed E-state index contributed by atoms with van der Waals surface area (Å²) in [6, 6.07) is 1.23. The zero-order valence-electron chi connectivity index (χ0n) is 8.52. The Kier molecular flexibility index (Phi) is 4.73. The van der Waals surface area contributed by atoms with E-state index in [4.69, 9.17) is 10.5 Å². The fourth-order valence-electron chi connectivity index (χ4n) is 1.17. The third-order valence-electron chi connectivity index (χ3n) is 1.93. The molecule has 0 saturated carbocycles. The van der Waals surface area contributed by atoms with Gasteiger partial charge in [0.05, 0.1) is 18.7 Å². The minimum absolute atomic E-state index is 0.0116. The molecule has 0 aliphatic carbocycles. The molecule has 88 valence electrons. The van der Waals surface area contributed by atoms with Gasteiger partial charge in [-0.25, -0.2) is 4.39 Å². The summed E-state index contributed by atoms with van der Waals surface area (Å²) in [6.07, 6.45) is 0.0412. The molecule has 0 atom stereocenters. The molecule has 0 bridgehead atoms. The zero-order chi connectivity index (χ0) is 12.3. The number of hydrogen-bond donors (Lipinski definition) is 1. The number of carbonyl (C=O) groups excluding carboxylic acids is 1. The molecular formula is C10H10Br2FNO2. The van der Waals surface area contributed by atoms with Crippen LogP contribution in [0.25, 0.3) is 0 Å². The van der Waals surface area contributed by atoms with Crippen molar-refractivity contribution in [2.24, 2.45) is 0 Å². The number of esters is 1. The van der Waals surface area contributed by atoms with Gasteiger partial charge in [0.1, 0.15) is 5.82 Å². The van der Waals surface area contributed by atoms with Crippen molar-refractivity contribution in [1.82, 2.24) is 0 Å². The van der Waals surface area contributed by atoms with Crippen molar-refractivity contribution in [3.63, 3.8) is 0 Å². The normalized spacial score (nSPS) is 10.2. The fourth-order valence-corrected chi connectivity index (χ4v) is 2.52. The lowest BCUT2D eigenvalue weighted by molar-refractivity contribution is -0.142. The van der Waals surface area contributed by atoms with Crippen LogP contribution in [0.15, 0.2) is 15.0 Å². The maximum Gasteiger partial charge on any atom is 0.310 e. The molecule has 0 radical (unpaired) electrons. The maximum absolute atomic E-state index is 13.2. The Bertz CT molecular complexity index is 424. The molecule has 0 spiro atoms. The van der Waals surface area contributed by atoms with E-state index in [1.807, 2.05) is 0 Å². The minimum atomic E-state index is -0.536. The van der Waals surface area contributed by atoms with Crippen molar-refractivity contribution >= 4 is 43.5 Å². The van der Waals surface area contributed by atoms with Gasteiger partial charge in [0.15, 0.2) is 0 Å². The second-order valence-corrected chi connectivity index (χ2v) is 4.68. The zero-order valence-corrected chi connectivity index (χ0v) is 11.7. The van der Waals surface area contributed by atoms with Crippen LogP contribution in [0.5, 0.6) is 0 Å². The number of benzene rings is 1. The Balaban J connectivity index is 3.05. The molecule has 0 amide bonds. The summed E-state index contributed by atoms with van der Waals surface area (Å²) >= 11 is 6.34. The highest BCUT2D eigenvalue weighted by atomic mass is 79.9. The van der Waals surface area contributed by atoms with Crippen LogP contribution >= 0.6 is 31.9 Å². The smallest absolute Gasteiger partial charge is 0.310 e. The van der Waals surface area contributed by atoms with Crippen LogP contribution in [-0.4, -0.2) is 12.6 Å². The van der Waals surface area contributed by atoms with Gasteiger partial charge in [-0.15, -0.1) is 0 Å². The van der Waals surface area contributed by atoms with Crippen molar-refractivity contribution in [1.29, 1.82) is 0 Å². The number of anilines is 1. The Morgan fingerprint density at radius 2 is 2.19 bits per heavy atom. The van der Waals surface area contributed by atoms with Gasteiger partial charge in [-0.05, 0) is 34.5 Å². The topological polar surface area (TPSA) is 52.3 Å². The summed E-state index contributed by atoms with van der Waals surface area (Å²) in [5.74, 6) is -0.915. The predicted molar refractivity (Wildman–Crippen MR) is 66.5 cm³/mol. The standard InChI is InChI=1S/C10H10Br2FNO2/c1-2-16-8(15)3-5-6(11)4-7(13)10(14)9(5)12/h4H,2-3,14H2,1H3. The molecule has 0 saturated heterocycles. The molecule has 0 aliphatic heterocycles. The predicted octanol–water partition coefficient (Wildman–Crippen LogP) is 3.04. The van der Waals surface area contributed by atoms with Crippen molar-refractivity contribution in [2.75, 3.05) is 12.3 Å². The van der Waals surface area contributed by atoms with E-state index in [2.05, 4.69) is 31.9 Å². The number of rotatable bonds is 3. The van der Waals surface area contributed by atoms with E-state index >= 15 is 0 Å². The van der Waals surface area contributed by atoms with Crippen LogP contribution in [0.2, 0.25) is 0 Å². The quantitative estimate of drug-likeness (QED) is 0.670. The summed E-state index contributed by atoms with van der Waals surface area (Å²) in [7, 11) is 0. The van der Waals surface area contributed by atoms with Gasteiger partial charge >= 0.3 is 5.97 Å². The SMILES string of the molecule is CCOC(=O)Cc1c(Br)cc(F)c(N)c1Br. The molecule has 0 unspecified atom stereocenters. The van der Waals surface area contributed by atoms with Crippen molar-refractivity contribution in [2.45, 2.75) is 13.3 Å². The van der Waals surface area contributed by atoms with Gasteiger partial charge in [0, 0.05) is 8.95 Å². The Hall–Kier alpha value is -0.620. The van der Waals surface area contributed by atoms with Crippen molar-refractivity contribution in [3.05, 3.63) is 26.4 Å². The van der Waals surface area contributed by atoms with E-state index in [0.29, 0.717) is 21.1 Å². The summed E-state index contributed by atoms with van der Waals surface area (Å²) in [5.41, 5.74) is 6.08. The Morgan fingerprint density at radius 1 is 1.56 bits per heavy atom. The van der Waals surface area contributed by atoms with Gasteiger partial charge in [-0.2, -0.15) is 0 Å². The first-order valence-corrected chi connectivity index (χ1v) is 6.13. The number of nitrogen functional groups attached to an aromatic ring is 1. The van der Waals surface area contributed by atoms with E-state index in [0.717, 1.165) is 0 Å². The molecule has 1 aromatic rings. The number of hydrogen-bond acceptors (Lipinski definition) is 3. The molecule has 0 fully saturated rings. The first kappa shape index (κ1) is 13.4. The monoisotopic (exact) mass is 353 g/mol. The second kappa shape index (κ2) is 5.63. The van der Waals surface area contributed by atoms with Crippen molar-refractivity contribution < 1.29 is 13.9 Å². The van der Waals surface area contributed by atoms with Gasteiger partial charge < -0.3 is 10.5 Å². The summed E-state index contributed by atoms with van der Waals surface area (Å²) < 4.78 is 18.9. The summed E-state index contributed by atoms with van der Waals surface area (Å²) in [6.45, 7) is 2.03. The molecule has 0 heterocycles. The lowest BCUT2D eigenvalue weighted by Crippen LogP contribution is -2.09. The van der Waals surface area contributed by atoms with Crippen LogP contribution in [-0.2, 0) is 16.0 Å². The minimum Gasteiger partial charge on any atom is -0.466 e. The van der Waals surface area contributed by atoms with Gasteiger partial charge in [0.2, 0.25) is 0 Å². The second-order valence-electron chi connectivity index (χ2n) is 3.03. The van der Waals surface area contributed by atoms with Crippen molar-refractivity contribution in [3.8, 4) is 0 Å². The largest absolute Gasteiger partial charge is 0.466 e. The number of carbonyl (C=O) groups is 1. The highest BCUT2D eigenvalue weighted by molar-refractivity contribution is 9.11. The molecule has 16 heavy (non-hydrogen) atoms. The highest BCUT2D eigenvalue weighted by Crippen LogP contribution is 2.33. The van der Waals surface area contributed by atoms with E-state index in [1.54, 1.807) is 6.92 Å². The van der Waals surface area contributed by atoms with E-state index in [9.17, 15) is 9.18 Å². The van der Waals surface area contributed by atoms with Crippen LogP contribution in [0.1, 0.15) is 12.5 Å². The number of halogens is 3. The summed E-state index contributed by atoms with van der Waals surface area (Å²) in [5, 5.41) is 0. The lowest BCUT2D eigenvalue weighted by Gasteiger charge is -2.10. The van der Waals surface area contributed by atoms with E-state index in [1.165, 1.54) is 6.07 Å². The average Bonchev–Trinajstić information content (AvgIpc) is 2.22.